The fraction of sp³-hybridized carbons (Fsp3) is 1.00. The molecule has 288 valence electrons. The van der Waals surface area contributed by atoms with Gasteiger partial charge in [-0.25, -0.2) is 42.0 Å². The van der Waals surface area contributed by atoms with Crippen LogP contribution in [0.2, 0.25) is 0 Å². The molecule has 0 saturated carbocycles. The Labute approximate surface area is 305 Å². The highest BCUT2D eigenvalue weighted by atomic mass is 35.5. The molecule has 23 heteroatoms. The number of nitrogens with zero attached hydrogens (tertiary/aromatic N) is 15. The zero-order valence-electron chi connectivity index (χ0n) is 34.2. The quantitative estimate of drug-likeness (QED) is 0.174. The molecule has 16 nitrogen and oxygen atoms in total. The van der Waals surface area contributed by atoms with E-state index in [0.29, 0.717) is 0 Å². The molecular formula is C24H73Cl2N16P5. The first kappa shape index (κ1) is 53.0. The molecule has 0 saturated heterocycles. The summed E-state index contributed by atoms with van der Waals surface area (Å²) in [6.07, 6.45) is 0. The maximum absolute atomic E-state index is 6.13. The third-order valence-electron chi connectivity index (χ3n) is 7.51. The van der Waals surface area contributed by atoms with E-state index in [1.807, 2.05) is 0 Å². The predicted molar refractivity (Wildman–Crippen MR) is 209 cm³/mol. The lowest BCUT2D eigenvalue weighted by Crippen LogP contribution is -3.00. The van der Waals surface area contributed by atoms with Gasteiger partial charge in [0.25, 0.3) is 0 Å². The molecule has 0 atom stereocenters. The highest BCUT2D eigenvalue weighted by Gasteiger charge is 2.65. The van der Waals surface area contributed by atoms with Crippen molar-refractivity contribution in [3.63, 3.8) is 0 Å². The van der Waals surface area contributed by atoms with E-state index in [-0.39, 0.29) is 24.8 Å². The van der Waals surface area contributed by atoms with Crippen molar-refractivity contribution >= 4 is 38.3 Å². The topological polar surface area (TPSA) is 88.0 Å². The first-order chi connectivity index (χ1) is 20.1. The number of rotatable bonds is 17. The van der Waals surface area contributed by atoms with E-state index in [1.165, 1.54) is 0 Å². The van der Waals surface area contributed by atoms with Crippen LogP contribution in [0, 0.1) is 0 Å². The van der Waals surface area contributed by atoms with Gasteiger partial charge in [0.15, 0.2) is 0 Å². The Kier molecular flexibility index (Phi) is 22.7. The molecular weight excluding hydrogens is 738 g/mol. The first-order valence-corrected chi connectivity index (χ1v) is 22.9. The van der Waals surface area contributed by atoms with Gasteiger partial charge in [-0.05, 0) is 140 Å². The van der Waals surface area contributed by atoms with Gasteiger partial charge < -0.3 is 24.8 Å². The van der Waals surface area contributed by atoms with Crippen LogP contribution in [0.5, 0.6) is 0 Å². The summed E-state index contributed by atoms with van der Waals surface area (Å²) < 4.78 is 45.6. The van der Waals surface area contributed by atoms with Crippen molar-refractivity contribution in [2.24, 2.45) is 13.5 Å². The average Bonchev–Trinajstić information content (AvgIpc) is 2.84. The van der Waals surface area contributed by atoms with Crippen LogP contribution in [0.15, 0.2) is 13.5 Å². The Hall–Kier alpha value is 1.61. The van der Waals surface area contributed by atoms with Gasteiger partial charge in [0.1, 0.15) is 0 Å². The van der Waals surface area contributed by atoms with Crippen LogP contribution in [-0.2, 0) is 0 Å². The second-order valence-corrected chi connectivity index (χ2v) is 31.3. The molecule has 0 fully saturated rings. The van der Waals surface area contributed by atoms with Gasteiger partial charge in [-0.1, -0.05) is 0 Å². The standard InChI is InChI=1S/C24H73N16P5.2ClH/c1-29(2)42(30(3)4,31(5)6)25-41(26-43(32(7)8,33(9)10)34(11)12,27-44(35(13)14,36(15)16)37(17)18)28-45(38(19)20,39(21)22)40(23)24;;/h25H,1-24H3;2*1H/q+2;;/p-2. The van der Waals surface area contributed by atoms with Gasteiger partial charge in [-0.2, -0.15) is 0 Å². The Bertz CT molecular complexity index is 896. The van der Waals surface area contributed by atoms with Gasteiger partial charge in [-0.15, -0.1) is 14.0 Å². The maximum atomic E-state index is 6.13. The minimum atomic E-state index is -3.31. The highest BCUT2D eigenvalue weighted by Crippen LogP contribution is 2.85. The number of halogens is 2. The summed E-state index contributed by atoms with van der Waals surface area (Å²) in [5, 5.41) is 0. The number of hydrogen-bond donors (Lipinski definition) is 1. The summed E-state index contributed by atoms with van der Waals surface area (Å²) >= 11 is 0. The van der Waals surface area contributed by atoms with Crippen molar-refractivity contribution in [3.8, 4) is 0 Å². The van der Waals surface area contributed by atoms with E-state index >= 15 is 0 Å². The fourth-order valence-electron chi connectivity index (χ4n) is 6.08. The second-order valence-electron chi connectivity index (χ2n) is 13.3. The summed E-state index contributed by atoms with van der Waals surface area (Å²) in [5.74, 6) is 0. The number of nitrogens with one attached hydrogen (secondary N) is 1. The summed E-state index contributed by atoms with van der Waals surface area (Å²) in [6.45, 7) is 0. The molecule has 0 aliphatic heterocycles. The molecule has 0 aromatic carbocycles. The van der Waals surface area contributed by atoms with Crippen LogP contribution < -0.4 is 29.7 Å². The SMILES string of the molecule is CN(C)P(=N[P+](N=P(N(C)C)(N(C)C)N(C)C)(N=P(N(C)C)(N(C)C)N(C)C)N[P+](N(C)C)(N(C)C)N(C)C)(N(C)C)N(C)C.[Cl-].[Cl-]. The van der Waals surface area contributed by atoms with Crippen LogP contribution in [0.25, 0.3) is 0 Å². The molecule has 0 aromatic rings. The maximum Gasteiger partial charge on any atom is 0.488 e. The Balaban J connectivity index is -0.00000968. The van der Waals surface area contributed by atoms with E-state index in [0.717, 1.165) is 0 Å². The summed E-state index contributed by atoms with van der Waals surface area (Å²) in [5.41, 5.74) is 0. The summed E-state index contributed by atoms with van der Waals surface area (Å²) in [6, 6.07) is 0. The Morgan fingerprint density at radius 1 is 0.319 bits per heavy atom. The molecule has 1 N–H and O–H groups in total. The third-order valence-corrected chi connectivity index (χ3v) is 28.5. The van der Waals surface area contributed by atoms with E-state index in [4.69, 9.17) is 13.5 Å². The minimum absolute atomic E-state index is 0. The normalized spacial score (nSPS) is 14.3. The Morgan fingerprint density at radius 3 is 0.574 bits per heavy atom. The first-order valence-electron chi connectivity index (χ1n) is 14.8. The molecule has 0 heterocycles. The van der Waals surface area contributed by atoms with Gasteiger partial charge in [0.2, 0.25) is 22.5 Å². The Morgan fingerprint density at radius 2 is 0.468 bits per heavy atom. The van der Waals surface area contributed by atoms with Crippen molar-refractivity contribution in [2.75, 3.05) is 169 Å². The molecule has 0 bridgehead atoms. The van der Waals surface area contributed by atoms with Gasteiger partial charge in [0, 0.05) is 47.1 Å². The van der Waals surface area contributed by atoms with Gasteiger partial charge >= 0.3 is 15.7 Å². The van der Waals surface area contributed by atoms with E-state index < -0.39 is 38.3 Å². The molecule has 0 rings (SSSR count). The fourth-order valence-corrected chi connectivity index (χ4v) is 31.0. The van der Waals surface area contributed by atoms with E-state index in [9.17, 15) is 0 Å². The van der Waals surface area contributed by atoms with Crippen molar-refractivity contribution in [1.82, 2.24) is 60.9 Å². The lowest BCUT2D eigenvalue weighted by Gasteiger charge is -2.45. The van der Waals surface area contributed by atoms with Crippen molar-refractivity contribution in [2.45, 2.75) is 0 Å². The monoisotopic (exact) mass is 810 g/mol. The number of hydrogen-bond acceptors (Lipinski definition) is 7. The average molecular weight is 812 g/mol. The van der Waals surface area contributed by atoms with Crippen LogP contribution in [0.4, 0.5) is 0 Å². The van der Waals surface area contributed by atoms with Gasteiger partial charge in [-0.3, -0.25) is 0 Å². The zero-order valence-corrected chi connectivity index (χ0v) is 40.2. The zero-order chi connectivity index (χ0) is 36.3. The van der Waals surface area contributed by atoms with Crippen LogP contribution in [0.1, 0.15) is 0 Å². The molecule has 0 unspecified atom stereocenters. The summed E-state index contributed by atoms with van der Waals surface area (Å²) in [7, 11) is 37.6. The van der Waals surface area contributed by atoms with Crippen molar-refractivity contribution < 1.29 is 24.8 Å². The predicted octanol–water partition coefficient (Wildman–Crippen LogP) is -1.48. The van der Waals surface area contributed by atoms with Crippen LogP contribution in [-0.4, -0.2) is 225 Å². The molecule has 0 aliphatic rings. The van der Waals surface area contributed by atoms with E-state index in [2.05, 4.69) is 230 Å². The molecule has 0 amide bonds. The van der Waals surface area contributed by atoms with E-state index in [1.54, 1.807) is 0 Å². The van der Waals surface area contributed by atoms with Crippen molar-refractivity contribution in [1.29, 1.82) is 0 Å². The lowest BCUT2D eigenvalue weighted by atomic mass is 11.2. The highest BCUT2D eigenvalue weighted by molar-refractivity contribution is 7.91. The third kappa shape index (κ3) is 10.4. The minimum Gasteiger partial charge on any atom is -1.00 e. The van der Waals surface area contributed by atoms with Crippen molar-refractivity contribution in [3.05, 3.63) is 0 Å². The van der Waals surface area contributed by atoms with Crippen LogP contribution in [0.3, 0.4) is 0 Å². The van der Waals surface area contributed by atoms with Crippen LogP contribution >= 0.6 is 38.3 Å². The molecule has 0 spiro atoms. The molecule has 47 heavy (non-hydrogen) atoms. The lowest BCUT2D eigenvalue weighted by molar-refractivity contribution is -0.001000. The molecule has 0 aromatic heterocycles. The molecule has 0 aliphatic carbocycles. The smallest absolute Gasteiger partial charge is 0.488 e. The largest absolute Gasteiger partial charge is 1.00 e. The second kappa shape index (κ2) is 20.2. The summed E-state index contributed by atoms with van der Waals surface area (Å²) in [4.78, 5) is 4.28. The molecule has 0 radical (unpaired) electrons. The van der Waals surface area contributed by atoms with Gasteiger partial charge in [0.05, 0.1) is 0 Å².